The topological polar surface area (TPSA) is 105 Å². The fourth-order valence-electron chi connectivity index (χ4n) is 1.37. The van der Waals surface area contributed by atoms with E-state index in [1.54, 1.807) is 6.07 Å². The minimum Gasteiger partial charge on any atom is -0.411 e. The van der Waals surface area contributed by atoms with Crippen LogP contribution in [0.2, 0.25) is 0 Å². The molecule has 1 aromatic heterocycles. The van der Waals surface area contributed by atoms with E-state index in [4.69, 9.17) is 5.26 Å². The number of hydrogen-bond donors (Lipinski definition) is 1. The molecule has 0 aliphatic rings. The van der Waals surface area contributed by atoms with Crippen molar-refractivity contribution in [2.45, 2.75) is 0 Å². The first-order valence-corrected chi connectivity index (χ1v) is 3.90. The van der Waals surface area contributed by atoms with Crippen molar-refractivity contribution < 1.29 is 10.1 Å². The third-order valence-electron chi connectivity index (χ3n) is 1.97. The zero-order valence-corrected chi connectivity index (χ0v) is 7.28. The van der Waals surface area contributed by atoms with Crippen LogP contribution in [0.3, 0.4) is 0 Å². The predicted molar refractivity (Wildman–Crippen MR) is 48.3 cm³/mol. The second-order valence-corrected chi connectivity index (χ2v) is 2.78. The molecule has 7 heteroatoms. The number of hydrogen-bond acceptors (Lipinski definition) is 5. The second kappa shape index (κ2) is 2.95. The summed E-state index contributed by atoms with van der Waals surface area (Å²) in [6.07, 6.45) is 0. The number of nitrogens with zero attached hydrogens (tertiary/aromatic N) is 4. The molecule has 1 heterocycles. The molecular formula is C8H4N4O3. The maximum absolute atomic E-state index is 10.7. The van der Waals surface area contributed by atoms with Crippen molar-refractivity contribution in [2.75, 3.05) is 0 Å². The average molecular weight is 204 g/mol. The summed E-state index contributed by atoms with van der Waals surface area (Å²) >= 11 is 0. The average Bonchev–Trinajstić information content (AvgIpc) is 2.55. The van der Waals surface area contributed by atoms with Gasteiger partial charge in [-0.2, -0.15) is 5.26 Å². The van der Waals surface area contributed by atoms with Gasteiger partial charge in [0.2, 0.25) is 0 Å². The lowest BCUT2D eigenvalue weighted by Gasteiger charge is -1.93. The monoisotopic (exact) mass is 204 g/mol. The van der Waals surface area contributed by atoms with E-state index in [-0.39, 0.29) is 22.3 Å². The van der Waals surface area contributed by atoms with Crippen LogP contribution in [0.15, 0.2) is 18.2 Å². The van der Waals surface area contributed by atoms with E-state index in [1.807, 2.05) is 0 Å². The van der Waals surface area contributed by atoms with Crippen LogP contribution in [0.1, 0.15) is 5.69 Å². The number of non-ortho nitro benzene ring substituents is 1. The Bertz CT molecular complexity index is 596. The number of nitriles is 1. The number of nitro benzene ring substituents is 1. The number of nitro groups is 1. The molecule has 0 saturated heterocycles. The first-order valence-electron chi connectivity index (χ1n) is 3.90. The summed E-state index contributed by atoms with van der Waals surface area (Å²) < 4.78 is 0. The number of rotatable bonds is 1. The number of fused-ring (bicyclic) bond motifs is 1. The van der Waals surface area contributed by atoms with Gasteiger partial charge >= 0.3 is 0 Å². The Labute approximate surface area is 82.9 Å². The Morgan fingerprint density at radius 3 is 2.93 bits per heavy atom. The lowest BCUT2D eigenvalue weighted by Crippen LogP contribution is -1.92. The van der Waals surface area contributed by atoms with E-state index in [0.717, 1.165) is 0 Å². The van der Waals surface area contributed by atoms with Crippen LogP contribution in [-0.2, 0) is 0 Å². The molecule has 0 saturated carbocycles. The van der Waals surface area contributed by atoms with Gasteiger partial charge in [-0.3, -0.25) is 10.1 Å². The van der Waals surface area contributed by atoms with Crippen molar-refractivity contribution in [1.82, 2.24) is 9.94 Å². The van der Waals surface area contributed by atoms with Gasteiger partial charge in [-0.1, -0.05) is 10.9 Å². The highest BCUT2D eigenvalue weighted by Crippen LogP contribution is 2.27. The molecule has 0 unspecified atom stereocenters. The zero-order valence-electron chi connectivity index (χ0n) is 7.28. The van der Waals surface area contributed by atoms with Crippen LogP contribution in [0, 0.1) is 21.4 Å². The highest BCUT2D eigenvalue weighted by molar-refractivity contribution is 5.92. The molecule has 0 spiro atoms. The lowest BCUT2D eigenvalue weighted by molar-refractivity contribution is -0.383. The smallest absolute Gasteiger partial charge is 0.281 e. The highest BCUT2D eigenvalue weighted by atomic mass is 16.6. The summed E-state index contributed by atoms with van der Waals surface area (Å²) in [6.45, 7) is 0. The first kappa shape index (κ1) is 8.96. The van der Waals surface area contributed by atoms with Gasteiger partial charge in [0.05, 0.1) is 4.92 Å². The minimum atomic E-state index is -0.620. The van der Waals surface area contributed by atoms with Crippen LogP contribution < -0.4 is 0 Å². The molecule has 0 atom stereocenters. The van der Waals surface area contributed by atoms with Crippen molar-refractivity contribution in [3.63, 3.8) is 0 Å². The van der Waals surface area contributed by atoms with Crippen LogP contribution in [-0.4, -0.2) is 20.1 Å². The minimum absolute atomic E-state index is 0.0486. The second-order valence-electron chi connectivity index (χ2n) is 2.78. The molecule has 0 fully saturated rings. The van der Waals surface area contributed by atoms with E-state index >= 15 is 0 Å². The fourth-order valence-corrected chi connectivity index (χ4v) is 1.37. The Morgan fingerprint density at radius 1 is 1.60 bits per heavy atom. The van der Waals surface area contributed by atoms with Crippen LogP contribution in [0.25, 0.3) is 10.9 Å². The van der Waals surface area contributed by atoms with Crippen molar-refractivity contribution in [3.05, 3.63) is 34.0 Å². The Morgan fingerprint density at radius 2 is 2.33 bits per heavy atom. The molecular weight excluding hydrogens is 200 g/mol. The standard InChI is InChI=1S/C8H4N4O3/c9-4-5-8-6(11(13)10-5)2-1-3-7(8)12(14)15/h1-3,13H. The maximum atomic E-state index is 10.7. The molecule has 2 aromatic rings. The van der Waals surface area contributed by atoms with Gasteiger partial charge in [-0.15, -0.1) is 5.10 Å². The summed E-state index contributed by atoms with van der Waals surface area (Å²) in [5.74, 6) is 0. The lowest BCUT2D eigenvalue weighted by atomic mass is 10.2. The molecule has 0 bridgehead atoms. The molecule has 15 heavy (non-hydrogen) atoms. The summed E-state index contributed by atoms with van der Waals surface area (Å²) in [7, 11) is 0. The van der Waals surface area contributed by atoms with Crippen LogP contribution in [0.5, 0.6) is 0 Å². The van der Waals surface area contributed by atoms with E-state index in [2.05, 4.69) is 5.10 Å². The van der Waals surface area contributed by atoms with Crippen molar-refractivity contribution in [2.24, 2.45) is 0 Å². The van der Waals surface area contributed by atoms with Gasteiger partial charge in [0.25, 0.3) is 5.69 Å². The molecule has 0 amide bonds. The molecule has 1 aromatic carbocycles. The Kier molecular flexibility index (Phi) is 1.76. The van der Waals surface area contributed by atoms with Gasteiger partial charge in [-0.25, -0.2) is 0 Å². The molecule has 7 nitrogen and oxygen atoms in total. The molecule has 74 valence electrons. The van der Waals surface area contributed by atoms with Crippen molar-refractivity contribution >= 4 is 16.6 Å². The predicted octanol–water partition coefficient (Wildman–Crippen LogP) is 1.05. The van der Waals surface area contributed by atoms with Crippen molar-refractivity contribution in [3.8, 4) is 6.07 Å². The third-order valence-corrected chi connectivity index (χ3v) is 1.97. The number of benzene rings is 1. The molecule has 0 radical (unpaired) electrons. The summed E-state index contributed by atoms with van der Waals surface area (Å²) in [5.41, 5.74) is -0.273. The summed E-state index contributed by atoms with van der Waals surface area (Å²) in [5, 5.41) is 32.1. The zero-order chi connectivity index (χ0) is 11.0. The molecule has 2 rings (SSSR count). The van der Waals surface area contributed by atoms with Crippen LogP contribution in [0.4, 0.5) is 5.69 Å². The SMILES string of the molecule is N#Cc1nn(O)c2cccc([N+](=O)[O-])c12. The Balaban J connectivity index is 2.96. The van der Waals surface area contributed by atoms with Gasteiger partial charge in [0.1, 0.15) is 17.0 Å². The largest absolute Gasteiger partial charge is 0.411 e. The third kappa shape index (κ3) is 1.16. The highest BCUT2D eigenvalue weighted by Gasteiger charge is 2.20. The molecule has 0 aliphatic heterocycles. The molecule has 1 N–H and O–H groups in total. The van der Waals surface area contributed by atoms with Gasteiger partial charge in [0, 0.05) is 6.07 Å². The van der Waals surface area contributed by atoms with Gasteiger partial charge in [-0.05, 0) is 6.07 Å². The van der Waals surface area contributed by atoms with E-state index in [0.29, 0.717) is 4.85 Å². The maximum Gasteiger partial charge on any atom is 0.281 e. The van der Waals surface area contributed by atoms with Gasteiger partial charge < -0.3 is 5.21 Å². The normalized spacial score (nSPS) is 10.1. The quantitative estimate of drug-likeness (QED) is 0.424. The Hall–Kier alpha value is -2.62. The first-order chi connectivity index (χ1) is 7.15. The number of aromatic nitrogens is 2. The van der Waals surface area contributed by atoms with Crippen LogP contribution >= 0.6 is 0 Å². The van der Waals surface area contributed by atoms with Gasteiger partial charge in [0.15, 0.2) is 5.69 Å². The fraction of sp³-hybridized carbons (Fsp3) is 0. The summed E-state index contributed by atoms with van der Waals surface area (Å²) in [6, 6.07) is 5.80. The van der Waals surface area contributed by atoms with E-state index in [9.17, 15) is 15.3 Å². The molecule has 0 aliphatic carbocycles. The summed E-state index contributed by atoms with van der Waals surface area (Å²) in [4.78, 5) is 10.5. The van der Waals surface area contributed by atoms with E-state index in [1.165, 1.54) is 18.2 Å². The van der Waals surface area contributed by atoms with Crippen molar-refractivity contribution in [1.29, 1.82) is 5.26 Å². The van der Waals surface area contributed by atoms with E-state index < -0.39 is 4.92 Å².